The summed E-state index contributed by atoms with van der Waals surface area (Å²) in [6, 6.07) is 1.48. The number of unbranched alkanes of at least 4 members (excludes halogenated alkanes) is 2. The molecular weight excluding hydrogens is 183 g/mol. The van der Waals surface area contributed by atoms with Gasteiger partial charge in [0.15, 0.2) is 0 Å². The van der Waals surface area contributed by atoms with Crippen molar-refractivity contribution < 1.29 is 9.44 Å². The summed E-state index contributed by atoms with van der Waals surface area (Å²) in [5, 5.41) is 0. The van der Waals surface area contributed by atoms with Crippen LogP contribution in [0.15, 0.2) is 0 Å². The number of hydrogen-bond acceptors (Lipinski definition) is 1. The van der Waals surface area contributed by atoms with Crippen LogP contribution in [0.3, 0.4) is 0 Å². The zero-order valence-electron chi connectivity index (χ0n) is 9.34. The van der Waals surface area contributed by atoms with Crippen molar-refractivity contribution in [2.45, 2.75) is 51.7 Å². The van der Waals surface area contributed by atoms with Crippen molar-refractivity contribution in [3.8, 4) is 0 Å². The molecule has 1 nitrogen and oxygen atoms in total. The molecule has 0 aliphatic rings. The van der Waals surface area contributed by atoms with Gasteiger partial charge in [-0.3, -0.25) is 4.70 Å². The van der Waals surface area contributed by atoms with E-state index in [-0.39, 0.29) is 13.5 Å². The Morgan fingerprint density at radius 3 is 2.15 bits per heavy atom. The lowest BCUT2D eigenvalue weighted by atomic mass is 10.3. The second-order valence-corrected chi connectivity index (χ2v) is 7.22. The summed E-state index contributed by atoms with van der Waals surface area (Å²) in [4.78, 5) is 0. The lowest BCUT2D eigenvalue weighted by Gasteiger charge is -2.04. The molecule has 0 saturated heterocycles. The van der Waals surface area contributed by atoms with Crippen molar-refractivity contribution in [1.82, 2.24) is 0 Å². The van der Waals surface area contributed by atoms with Gasteiger partial charge in [-0.05, 0) is 12.8 Å². The Kier molecular flexibility index (Phi) is 14.5. The molecule has 0 aromatic rings. The average molecular weight is 208 g/mol. The zero-order valence-corrected chi connectivity index (χ0v) is 10.5. The van der Waals surface area contributed by atoms with E-state index in [0.29, 0.717) is 0 Å². The fraction of sp³-hybridized carbons (Fsp3) is 1.00. The number of hydrogen-bond donors (Lipinski definition) is 0. The molecule has 0 amide bonds. The highest BCUT2D eigenvalue weighted by Crippen LogP contribution is 2.01. The number of rotatable bonds is 8. The van der Waals surface area contributed by atoms with Gasteiger partial charge in [-0.1, -0.05) is 38.9 Å². The van der Waals surface area contributed by atoms with Crippen molar-refractivity contribution in [1.29, 1.82) is 0 Å². The van der Waals surface area contributed by atoms with Gasteiger partial charge in [0.1, 0.15) is 0 Å². The first-order chi connectivity index (χ1) is 5.77. The third-order valence-corrected chi connectivity index (χ3v) is 3.53. The second kappa shape index (κ2) is 12.1. The Morgan fingerprint density at radius 2 is 1.62 bits per heavy atom. The van der Waals surface area contributed by atoms with E-state index in [2.05, 4.69) is 20.0 Å². The maximum atomic E-state index is 5.47. The molecule has 0 heterocycles. The van der Waals surface area contributed by atoms with Crippen LogP contribution in [-0.4, -0.2) is 22.0 Å². The van der Waals surface area contributed by atoms with Gasteiger partial charge in [0, 0.05) is 22.0 Å². The summed E-state index contributed by atoms with van der Waals surface area (Å²) in [7, 11) is -0.291. The molecule has 13 heavy (non-hydrogen) atoms. The minimum Gasteiger partial charge on any atom is -0.381 e. The molecule has 0 bridgehead atoms. The van der Waals surface area contributed by atoms with Gasteiger partial charge in [-0.25, -0.2) is 0 Å². The number of halogens is 1. The van der Waals surface area contributed by atoms with E-state index in [9.17, 15) is 0 Å². The fourth-order valence-electron chi connectivity index (χ4n) is 1.11. The van der Waals surface area contributed by atoms with E-state index in [4.69, 9.17) is 4.74 Å². The number of ether oxygens (including phenoxy) is 1. The molecule has 0 radical (unpaired) electrons. The monoisotopic (exact) mass is 208 g/mol. The molecule has 3 heteroatoms. The topological polar surface area (TPSA) is 9.23 Å². The van der Waals surface area contributed by atoms with Crippen LogP contribution in [0.4, 0.5) is 4.70 Å². The summed E-state index contributed by atoms with van der Waals surface area (Å²) in [5.74, 6) is 0. The van der Waals surface area contributed by atoms with Gasteiger partial charge in [0.25, 0.3) is 0 Å². The van der Waals surface area contributed by atoms with Crippen LogP contribution < -0.4 is 0 Å². The predicted molar refractivity (Wildman–Crippen MR) is 61.1 cm³/mol. The van der Waals surface area contributed by atoms with Crippen molar-refractivity contribution in [2.24, 2.45) is 0 Å². The molecule has 0 saturated carbocycles. The molecule has 0 aromatic carbocycles. The van der Waals surface area contributed by atoms with Gasteiger partial charge in [-0.2, -0.15) is 0 Å². The molecule has 0 aliphatic heterocycles. The van der Waals surface area contributed by atoms with Crippen LogP contribution in [0.2, 0.25) is 19.1 Å². The molecule has 0 aliphatic carbocycles. The minimum absolute atomic E-state index is 0. The van der Waals surface area contributed by atoms with Gasteiger partial charge in [0.2, 0.25) is 0 Å². The summed E-state index contributed by atoms with van der Waals surface area (Å²) in [6.07, 6.45) is 5.13. The van der Waals surface area contributed by atoms with Crippen LogP contribution in [0.25, 0.3) is 0 Å². The Hall–Kier alpha value is 0.107. The molecule has 82 valence electrons. The molecule has 0 unspecified atom stereocenters. The molecule has 0 atom stereocenters. The van der Waals surface area contributed by atoms with Crippen molar-refractivity contribution >= 4 is 8.80 Å². The second-order valence-electron chi connectivity index (χ2n) is 3.86. The van der Waals surface area contributed by atoms with E-state index in [1.54, 1.807) is 0 Å². The van der Waals surface area contributed by atoms with Crippen LogP contribution >= 0.6 is 0 Å². The minimum atomic E-state index is -0.291. The smallest absolute Gasteiger partial charge is 0.0465 e. The highest BCUT2D eigenvalue weighted by molar-refractivity contribution is 6.55. The highest BCUT2D eigenvalue weighted by Gasteiger charge is 1.95. The molecule has 0 spiro atoms. The largest absolute Gasteiger partial charge is 0.381 e. The Morgan fingerprint density at radius 1 is 1.00 bits per heavy atom. The summed E-state index contributed by atoms with van der Waals surface area (Å²) < 4.78 is 5.47. The predicted octanol–water partition coefficient (Wildman–Crippen LogP) is 3.22. The first-order valence-corrected chi connectivity index (χ1v) is 8.47. The quantitative estimate of drug-likeness (QED) is 0.439. The summed E-state index contributed by atoms with van der Waals surface area (Å²) in [5.41, 5.74) is 0. The van der Waals surface area contributed by atoms with Gasteiger partial charge in [0.05, 0.1) is 0 Å². The van der Waals surface area contributed by atoms with Crippen molar-refractivity contribution in [2.75, 3.05) is 13.2 Å². The van der Waals surface area contributed by atoms with Crippen LogP contribution in [0.1, 0.15) is 32.6 Å². The van der Waals surface area contributed by atoms with Crippen LogP contribution in [0, 0.1) is 0 Å². The average Bonchev–Trinajstić information content (AvgIpc) is 2.02. The lowest BCUT2D eigenvalue weighted by Crippen LogP contribution is -2.01. The molecule has 0 fully saturated rings. The summed E-state index contributed by atoms with van der Waals surface area (Å²) >= 11 is 0. The third kappa shape index (κ3) is 14.9. The normalized spacial score (nSPS) is 10.2. The van der Waals surface area contributed by atoms with Crippen LogP contribution in [0.5, 0.6) is 0 Å². The van der Waals surface area contributed by atoms with Crippen molar-refractivity contribution in [3.63, 3.8) is 0 Å². The maximum Gasteiger partial charge on any atom is 0.0465 e. The standard InChI is InChI=1S/C10H24OSi.FH/c1-4-5-8-11-9-6-7-10-12(2)3;/h12H,4-10H2,1-3H3;1H. The molecule has 0 N–H and O–H groups in total. The maximum absolute atomic E-state index is 5.47. The SMILES string of the molecule is CCCCOCCCC[SiH](C)C.F. The summed E-state index contributed by atoms with van der Waals surface area (Å²) in [6.45, 7) is 8.99. The molecular formula is C10H25FOSi. The van der Waals surface area contributed by atoms with E-state index in [1.807, 2.05) is 0 Å². The van der Waals surface area contributed by atoms with Crippen molar-refractivity contribution in [3.05, 3.63) is 0 Å². The lowest BCUT2D eigenvalue weighted by molar-refractivity contribution is 0.128. The Bertz CT molecular complexity index is 89.0. The van der Waals surface area contributed by atoms with E-state index < -0.39 is 0 Å². The van der Waals surface area contributed by atoms with E-state index >= 15 is 0 Å². The third-order valence-electron chi connectivity index (χ3n) is 1.96. The van der Waals surface area contributed by atoms with Gasteiger partial charge >= 0.3 is 0 Å². The molecule has 0 rings (SSSR count). The van der Waals surface area contributed by atoms with E-state index in [1.165, 1.54) is 31.7 Å². The Labute approximate surface area is 83.8 Å². The van der Waals surface area contributed by atoms with Gasteiger partial charge in [-0.15, -0.1) is 0 Å². The fourth-order valence-corrected chi connectivity index (χ4v) is 2.21. The zero-order chi connectivity index (χ0) is 9.23. The van der Waals surface area contributed by atoms with Crippen LogP contribution in [-0.2, 0) is 4.74 Å². The first kappa shape index (κ1) is 15.6. The highest BCUT2D eigenvalue weighted by atomic mass is 28.3. The first-order valence-electron chi connectivity index (χ1n) is 5.35. The van der Waals surface area contributed by atoms with Gasteiger partial charge < -0.3 is 4.74 Å². The molecule has 0 aromatic heterocycles. The Balaban J connectivity index is 0. The van der Waals surface area contributed by atoms with E-state index in [0.717, 1.165) is 13.2 Å².